The summed E-state index contributed by atoms with van der Waals surface area (Å²) in [6.07, 6.45) is -5.39. The fraction of sp³-hybridized carbons (Fsp3) is 0.545. The maximum atomic E-state index is 15.9. The number of alkyl halides is 1. The van der Waals surface area contributed by atoms with Crippen LogP contribution in [-0.4, -0.2) is 95.2 Å². The lowest BCUT2D eigenvalue weighted by Crippen LogP contribution is -2.34. The van der Waals surface area contributed by atoms with Gasteiger partial charge in [0, 0.05) is 20.1 Å². The molecule has 0 bridgehead atoms. The summed E-state index contributed by atoms with van der Waals surface area (Å²) in [6, 6.07) is -0.554. The van der Waals surface area contributed by atoms with Gasteiger partial charge in [0.05, 0.1) is 44.1 Å². The van der Waals surface area contributed by atoms with Crippen LogP contribution in [0.15, 0.2) is 34.9 Å². The number of phosphoric ester groups is 2. The third kappa shape index (κ3) is 6.03. The van der Waals surface area contributed by atoms with Gasteiger partial charge in [-0.3, -0.25) is 27.7 Å². The van der Waals surface area contributed by atoms with Crippen molar-refractivity contribution in [3.8, 4) is 0 Å². The van der Waals surface area contributed by atoms with Gasteiger partial charge in [-0.15, -0.1) is 0 Å². The van der Waals surface area contributed by atoms with Gasteiger partial charge in [0.1, 0.15) is 12.2 Å². The molecular formula is C22H27FN8O12P2. The molecule has 0 radical (unpaired) electrons. The van der Waals surface area contributed by atoms with Crippen LogP contribution in [0.3, 0.4) is 0 Å². The van der Waals surface area contributed by atoms with Crippen LogP contribution in [0.25, 0.3) is 22.3 Å². The van der Waals surface area contributed by atoms with E-state index < -0.39 is 76.2 Å². The molecule has 0 spiro atoms. The number of hydrogen-bond donors (Lipinski definition) is 4. The topological polar surface area (TPSA) is 257 Å². The molecule has 8 atom stereocenters. The molecule has 1 aliphatic heterocycles. The number of nitrogens with zero attached hydrogens (tertiary/aromatic N) is 8. The second-order valence-electron chi connectivity index (χ2n) is 10.6. The van der Waals surface area contributed by atoms with Gasteiger partial charge >= 0.3 is 15.6 Å². The summed E-state index contributed by atoms with van der Waals surface area (Å²) in [5.74, 6) is 0. The molecule has 2 aliphatic rings. The van der Waals surface area contributed by atoms with Crippen LogP contribution in [0.4, 0.5) is 4.39 Å². The first-order valence-electron chi connectivity index (χ1n) is 13.3. The molecule has 0 amide bonds. The molecule has 4 N–H and O–H groups in total. The van der Waals surface area contributed by atoms with E-state index in [0.717, 1.165) is 21.8 Å². The van der Waals surface area contributed by atoms with Crippen LogP contribution in [0, 0.1) is 0 Å². The van der Waals surface area contributed by atoms with Crippen LogP contribution in [-0.2, 0) is 41.5 Å². The Morgan fingerprint density at radius 3 is 2.09 bits per heavy atom. The number of imidazole rings is 2. The first kappa shape index (κ1) is 31.7. The highest BCUT2D eigenvalue weighted by molar-refractivity contribution is 7.47. The Balaban J connectivity index is 1.22. The predicted octanol–water partition coefficient (Wildman–Crippen LogP) is -0.815. The van der Waals surface area contributed by atoms with Crippen molar-refractivity contribution in [2.24, 2.45) is 14.1 Å². The number of ether oxygens (including phenoxy) is 1. The number of hydrogen-bond acceptors (Lipinski definition) is 13. The zero-order chi connectivity index (χ0) is 32.4. The van der Waals surface area contributed by atoms with E-state index in [9.17, 15) is 38.5 Å². The number of halogens is 1. The predicted molar refractivity (Wildman–Crippen MR) is 146 cm³/mol. The standard InChI is InChI=1S/C22H27FN8O12P2/c1-28-6-26-18-15(20(28)33)24-8-30(18)10-3-11(32)12(4-10)42-45(38,39)43-17-13(5-40-44(35,36)37)41-22(14(17)23)31-9-25-16-19(31)27-7-29(2)21(16)34/h6-14,17,22,32H,3-5H2,1-2H3,(H,38,39)(H2,35,36,37)/t10-,11-,12-,13+,14+,17+,22+/m0/s1. The van der Waals surface area contributed by atoms with E-state index in [1.165, 1.54) is 35.9 Å². The van der Waals surface area contributed by atoms with Crippen LogP contribution in [0.5, 0.6) is 0 Å². The third-order valence-corrected chi connectivity index (χ3v) is 9.13. The molecule has 0 aromatic carbocycles. The number of phosphoric acid groups is 2. The maximum Gasteiger partial charge on any atom is 0.473 e. The molecule has 4 aromatic rings. The smallest absolute Gasteiger partial charge is 0.390 e. The van der Waals surface area contributed by atoms with Gasteiger partial charge in [0.2, 0.25) is 0 Å². The van der Waals surface area contributed by atoms with Crippen molar-refractivity contribution in [2.45, 2.75) is 55.7 Å². The number of fused-ring (bicyclic) bond motifs is 2. The van der Waals surface area contributed by atoms with Crippen molar-refractivity contribution < 1.29 is 51.6 Å². The van der Waals surface area contributed by atoms with E-state index >= 15 is 4.39 Å². The van der Waals surface area contributed by atoms with Crippen molar-refractivity contribution in [1.82, 2.24) is 38.2 Å². The summed E-state index contributed by atoms with van der Waals surface area (Å²) in [4.78, 5) is 70.1. The Hall–Kier alpha value is -3.23. The molecule has 45 heavy (non-hydrogen) atoms. The van der Waals surface area contributed by atoms with Crippen molar-refractivity contribution >= 4 is 38.0 Å². The fourth-order valence-electron chi connectivity index (χ4n) is 5.43. The highest BCUT2D eigenvalue weighted by Crippen LogP contribution is 2.53. The van der Waals surface area contributed by atoms with E-state index in [2.05, 4.69) is 24.5 Å². The van der Waals surface area contributed by atoms with E-state index in [4.69, 9.17) is 13.8 Å². The summed E-state index contributed by atoms with van der Waals surface area (Å²) >= 11 is 0. The molecule has 2 fully saturated rings. The number of aromatic nitrogens is 8. The van der Waals surface area contributed by atoms with Gasteiger partial charge in [-0.05, 0) is 12.8 Å². The van der Waals surface area contributed by atoms with Crippen molar-refractivity contribution in [2.75, 3.05) is 6.61 Å². The summed E-state index contributed by atoms with van der Waals surface area (Å²) in [6.45, 7) is -0.970. The maximum absolute atomic E-state index is 15.9. The molecule has 244 valence electrons. The van der Waals surface area contributed by atoms with Crippen molar-refractivity contribution in [3.63, 3.8) is 0 Å². The molecule has 4 aromatic heterocycles. The van der Waals surface area contributed by atoms with Gasteiger partial charge in [-0.2, -0.15) is 0 Å². The number of aliphatic hydroxyl groups is 1. The highest BCUT2D eigenvalue weighted by Gasteiger charge is 2.52. The van der Waals surface area contributed by atoms with Crippen LogP contribution < -0.4 is 11.1 Å². The molecule has 1 aliphatic carbocycles. The van der Waals surface area contributed by atoms with Crippen molar-refractivity contribution in [3.05, 3.63) is 46.0 Å². The molecule has 1 saturated heterocycles. The first-order chi connectivity index (χ1) is 21.1. The van der Waals surface area contributed by atoms with Crippen LogP contribution in [0.1, 0.15) is 25.1 Å². The minimum absolute atomic E-state index is 0.0201. The quantitative estimate of drug-likeness (QED) is 0.158. The largest absolute Gasteiger partial charge is 0.473 e. The summed E-state index contributed by atoms with van der Waals surface area (Å²) in [5, 5.41) is 10.7. The minimum Gasteiger partial charge on any atom is -0.390 e. The summed E-state index contributed by atoms with van der Waals surface area (Å²) in [7, 11) is -7.38. The Bertz CT molecular complexity index is 1970. The zero-order valence-electron chi connectivity index (χ0n) is 23.4. The molecule has 1 saturated carbocycles. The van der Waals surface area contributed by atoms with E-state index in [1.54, 1.807) is 0 Å². The lowest BCUT2D eigenvalue weighted by molar-refractivity contribution is -0.0480. The van der Waals surface area contributed by atoms with Gasteiger partial charge in [-0.1, -0.05) is 0 Å². The summed E-state index contributed by atoms with van der Waals surface area (Å²) in [5.41, 5.74) is -0.847. The van der Waals surface area contributed by atoms with Gasteiger partial charge < -0.3 is 38.2 Å². The SMILES string of the molecule is Cn1cnc2c(ncn2[C@@H]2C[C@H](OP(=O)(O)O[C@H]3[C@@H](F)[C@H](n4cnc5c(=O)n(C)cnc54)O[C@@H]3COP(=O)(O)O)[C@@H](O)C2)c1=O. The second-order valence-corrected chi connectivity index (χ2v) is 13.2. The van der Waals surface area contributed by atoms with Crippen molar-refractivity contribution in [1.29, 1.82) is 0 Å². The number of rotatable bonds is 9. The Kier molecular flexibility index (Phi) is 8.14. The average Bonchev–Trinajstić information content (AvgIpc) is 3.73. The lowest BCUT2D eigenvalue weighted by atomic mass is 10.1. The van der Waals surface area contributed by atoms with Gasteiger partial charge in [-0.25, -0.2) is 33.5 Å². The van der Waals surface area contributed by atoms with Crippen LogP contribution in [0.2, 0.25) is 0 Å². The summed E-state index contributed by atoms with van der Waals surface area (Å²) < 4.78 is 65.9. The average molecular weight is 676 g/mol. The molecule has 5 heterocycles. The first-order valence-corrected chi connectivity index (χ1v) is 16.3. The number of aliphatic hydroxyl groups excluding tert-OH is 1. The fourth-order valence-corrected chi connectivity index (χ4v) is 6.95. The van der Waals surface area contributed by atoms with E-state index in [-0.39, 0.29) is 35.2 Å². The van der Waals surface area contributed by atoms with E-state index in [1.807, 2.05) is 0 Å². The molecule has 23 heteroatoms. The Morgan fingerprint density at radius 2 is 1.49 bits per heavy atom. The molecule has 6 rings (SSSR count). The van der Waals surface area contributed by atoms with E-state index in [0.29, 0.717) is 0 Å². The molecular weight excluding hydrogens is 649 g/mol. The highest BCUT2D eigenvalue weighted by atomic mass is 31.2. The Labute approximate surface area is 250 Å². The van der Waals surface area contributed by atoms with Gasteiger partial charge in [0.25, 0.3) is 11.1 Å². The molecule has 1 unspecified atom stereocenters. The van der Waals surface area contributed by atoms with Gasteiger partial charge in [0.15, 0.2) is 34.7 Å². The Morgan fingerprint density at radius 1 is 0.911 bits per heavy atom. The minimum atomic E-state index is -5.22. The van der Waals surface area contributed by atoms with Crippen LogP contribution >= 0.6 is 15.6 Å². The second kappa shape index (κ2) is 11.5. The third-order valence-electron chi connectivity index (χ3n) is 7.60. The lowest BCUT2D eigenvalue weighted by Gasteiger charge is -2.25. The monoisotopic (exact) mass is 676 g/mol. The number of aryl methyl sites for hydroxylation is 2. The normalized spacial score (nSPS) is 28.7. The zero-order valence-corrected chi connectivity index (χ0v) is 25.2. The molecule has 20 nitrogen and oxygen atoms in total.